The summed E-state index contributed by atoms with van der Waals surface area (Å²) in [5.74, 6) is 2.07. The molecule has 1 atom stereocenters. The second kappa shape index (κ2) is 3.86. The summed E-state index contributed by atoms with van der Waals surface area (Å²) in [6.45, 7) is 2.13. The van der Waals surface area contributed by atoms with Crippen LogP contribution in [0.3, 0.4) is 0 Å². The van der Waals surface area contributed by atoms with Gasteiger partial charge in [-0.15, -0.1) is 0 Å². The predicted molar refractivity (Wildman–Crippen MR) is 56.1 cm³/mol. The summed E-state index contributed by atoms with van der Waals surface area (Å²) >= 11 is 0. The number of nitrogen functional groups attached to an aromatic ring is 1. The van der Waals surface area contributed by atoms with Gasteiger partial charge in [0.2, 0.25) is 0 Å². The number of pyridine rings is 1. The van der Waals surface area contributed by atoms with Crippen LogP contribution in [0.2, 0.25) is 0 Å². The number of aromatic nitrogens is 1. The number of ether oxygens (including phenoxy) is 1. The van der Waals surface area contributed by atoms with Crippen LogP contribution in [0.1, 0.15) is 26.2 Å². The van der Waals surface area contributed by atoms with Gasteiger partial charge < -0.3 is 10.5 Å². The molecule has 1 heterocycles. The first-order chi connectivity index (χ1) is 6.75. The van der Waals surface area contributed by atoms with Crippen molar-refractivity contribution in [1.29, 1.82) is 0 Å². The quantitative estimate of drug-likeness (QED) is 0.798. The molecule has 0 saturated heterocycles. The molecule has 3 heteroatoms. The lowest BCUT2D eigenvalue weighted by Crippen LogP contribution is -2.29. The van der Waals surface area contributed by atoms with E-state index >= 15 is 0 Å². The second-order valence-electron chi connectivity index (χ2n) is 3.93. The van der Waals surface area contributed by atoms with Gasteiger partial charge in [-0.1, -0.05) is 6.42 Å². The number of rotatable bonds is 3. The standard InChI is InChI=1S/C11H16N2O/c1-8(9-3-2-4-9)14-10-5-6-13-11(12)7-10/h5-9H,2-4H2,1H3,(H2,12,13). The molecule has 0 aliphatic heterocycles. The summed E-state index contributed by atoms with van der Waals surface area (Å²) in [7, 11) is 0. The average Bonchev–Trinajstić information content (AvgIpc) is 1.99. The first-order valence-corrected chi connectivity index (χ1v) is 5.14. The maximum Gasteiger partial charge on any atom is 0.126 e. The third-order valence-electron chi connectivity index (χ3n) is 2.89. The third kappa shape index (κ3) is 1.97. The average molecular weight is 192 g/mol. The molecular formula is C11H16N2O. The van der Waals surface area contributed by atoms with E-state index in [1.807, 2.05) is 6.07 Å². The van der Waals surface area contributed by atoms with E-state index in [2.05, 4.69) is 11.9 Å². The van der Waals surface area contributed by atoms with Gasteiger partial charge >= 0.3 is 0 Å². The molecule has 2 rings (SSSR count). The van der Waals surface area contributed by atoms with E-state index in [-0.39, 0.29) is 0 Å². The van der Waals surface area contributed by atoms with E-state index < -0.39 is 0 Å². The fraction of sp³-hybridized carbons (Fsp3) is 0.545. The van der Waals surface area contributed by atoms with Gasteiger partial charge in [0, 0.05) is 12.3 Å². The first kappa shape index (κ1) is 9.31. The monoisotopic (exact) mass is 192 g/mol. The van der Waals surface area contributed by atoms with E-state index in [9.17, 15) is 0 Å². The maximum atomic E-state index is 5.78. The number of anilines is 1. The van der Waals surface area contributed by atoms with E-state index in [4.69, 9.17) is 10.5 Å². The minimum absolute atomic E-state index is 0.297. The molecule has 76 valence electrons. The van der Waals surface area contributed by atoms with Gasteiger partial charge in [-0.3, -0.25) is 0 Å². The van der Waals surface area contributed by atoms with Crippen LogP contribution in [0.5, 0.6) is 5.75 Å². The minimum atomic E-state index is 0.297. The van der Waals surface area contributed by atoms with Gasteiger partial charge in [-0.2, -0.15) is 0 Å². The second-order valence-corrected chi connectivity index (χ2v) is 3.93. The molecule has 0 spiro atoms. The fourth-order valence-electron chi connectivity index (χ4n) is 1.72. The summed E-state index contributed by atoms with van der Waals surface area (Å²) in [4.78, 5) is 3.92. The lowest BCUT2D eigenvalue weighted by molar-refractivity contribution is 0.0989. The topological polar surface area (TPSA) is 48.1 Å². The van der Waals surface area contributed by atoms with Crippen LogP contribution in [0.15, 0.2) is 18.3 Å². The molecule has 0 radical (unpaired) electrons. The lowest BCUT2D eigenvalue weighted by atomic mass is 9.82. The van der Waals surface area contributed by atoms with Crippen LogP contribution in [0.4, 0.5) is 5.82 Å². The smallest absolute Gasteiger partial charge is 0.126 e. The van der Waals surface area contributed by atoms with Crippen molar-refractivity contribution in [3.05, 3.63) is 18.3 Å². The van der Waals surface area contributed by atoms with Gasteiger partial charge in [0.15, 0.2) is 0 Å². The van der Waals surface area contributed by atoms with Crippen molar-refractivity contribution < 1.29 is 4.74 Å². The third-order valence-corrected chi connectivity index (χ3v) is 2.89. The number of nitrogens with zero attached hydrogens (tertiary/aromatic N) is 1. The zero-order valence-electron chi connectivity index (χ0n) is 8.44. The molecule has 0 amide bonds. The molecule has 1 unspecified atom stereocenters. The van der Waals surface area contributed by atoms with E-state index in [0.717, 1.165) is 11.7 Å². The Morgan fingerprint density at radius 2 is 2.36 bits per heavy atom. The normalized spacial score (nSPS) is 18.6. The van der Waals surface area contributed by atoms with Gasteiger partial charge in [0.25, 0.3) is 0 Å². The summed E-state index contributed by atoms with van der Waals surface area (Å²) < 4.78 is 5.78. The summed E-state index contributed by atoms with van der Waals surface area (Å²) in [5.41, 5.74) is 5.57. The zero-order chi connectivity index (χ0) is 9.97. The molecule has 0 bridgehead atoms. The SMILES string of the molecule is CC(Oc1ccnc(N)c1)C1CCC1. The van der Waals surface area contributed by atoms with Crippen LogP contribution in [-0.4, -0.2) is 11.1 Å². The van der Waals surface area contributed by atoms with Crippen molar-refractivity contribution in [2.45, 2.75) is 32.3 Å². The van der Waals surface area contributed by atoms with Crippen molar-refractivity contribution >= 4 is 5.82 Å². The van der Waals surface area contributed by atoms with Crippen molar-refractivity contribution in [2.75, 3.05) is 5.73 Å². The van der Waals surface area contributed by atoms with E-state index in [1.165, 1.54) is 19.3 Å². The highest BCUT2D eigenvalue weighted by molar-refractivity contribution is 5.35. The highest BCUT2D eigenvalue weighted by atomic mass is 16.5. The highest BCUT2D eigenvalue weighted by Crippen LogP contribution is 2.31. The Kier molecular flexibility index (Phi) is 2.57. The fourth-order valence-corrected chi connectivity index (χ4v) is 1.72. The molecule has 1 aliphatic carbocycles. The minimum Gasteiger partial charge on any atom is -0.490 e. The molecule has 1 fully saturated rings. The highest BCUT2D eigenvalue weighted by Gasteiger charge is 2.25. The largest absolute Gasteiger partial charge is 0.490 e. The Hall–Kier alpha value is -1.25. The Morgan fingerprint density at radius 1 is 1.57 bits per heavy atom. The van der Waals surface area contributed by atoms with Crippen molar-refractivity contribution in [1.82, 2.24) is 4.98 Å². The molecule has 1 saturated carbocycles. The van der Waals surface area contributed by atoms with Crippen LogP contribution < -0.4 is 10.5 Å². The van der Waals surface area contributed by atoms with Gasteiger partial charge in [0.05, 0.1) is 6.10 Å². The van der Waals surface area contributed by atoms with Crippen LogP contribution in [0.25, 0.3) is 0 Å². The molecule has 1 aromatic rings. The predicted octanol–water partition coefficient (Wildman–Crippen LogP) is 2.23. The molecular weight excluding hydrogens is 176 g/mol. The van der Waals surface area contributed by atoms with E-state index in [1.54, 1.807) is 12.3 Å². The zero-order valence-corrected chi connectivity index (χ0v) is 8.44. The molecule has 1 aromatic heterocycles. The van der Waals surface area contributed by atoms with Crippen LogP contribution in [0, 0.1) is 5.92 Å². The molecule has 1 aliphatic rings. The number of hydrogen-bond donors (Lipinski definition) is 1. The lowest BCUT2D eigenvalue weighted by Gasteiger charge is -2.31. The Bertz CT molecular complexity index is 310. The number of hydrogen-bond acceptors (Lipinski definition) is 3. The summed E-state index contributed by atoms with van der Waals surface area (Å²) in [6.07, 6.45) is 5.91. The number of nitrogens with two attached hydrogens (primary N) is 1. The van der Waals surface area contributed by atoms with Crippen LogP contribution >= 0.6 is 0 Å². The Labute approximate surface area is 84.3 Å². The molecule has 14 heavy (non-hydrogen) atoms. The Balaban J connectivity index is 1.95. The molecule has 2 N–H and O–H groups in total. The maximum absolute atomic E-state index is 5.78. The van der Waals surface area contributed by atoms with Gasteiger partial charge in [0.1, 0.15) is 11.6 Å². The first-order valence-electron chi connectivity index (χ1n) is 5.14. The van der Waals surface area contributed by atoms with Crippen molar-refractivity contribution in [2.24, 2.45) is 5.92 Å². The van der Waals surface area contributed by atoms with Gasteiger partial charge in [-0.25, -0.2) is 4.98 Å². The van der Waals surface area contributed by atoms with Gasteiger partial charge in [-0.05, 0) is 31.7 Å². The molecule has 3 nitrogen and oxygen atoms in total. The molecule has 0 aromatic carbocycles. The Morgan fingerprint density at radius 3 is 2.93 bits per heavy atom. The van der Waals surface area contributed by atoms with E-state index in [0.29, 0.717) is 11.9 Å². The van der Waals surface area contributed by atoms with Crippen LogP contribution in [-0.2, 0) is 0 Å². The van der Waals surface area contributed by atoms with Crippen molar-refractivity contribution in [3.8, 4) is 5.75 Å². The van der Waals surface area contributed by atoms with Crippen molar-refractivity contribution in [3.63, 3.8) is 0 Å². The summed E-state index contributed by atoms with van der Waals surface area (Å²) in [5, 5.41) is 0. The summed E-state index contributed by atoms with van der Waals surface area (Å²) in [6, 6.07) is 3.63.